The molecule has 0 spiro atoms. The van der Waals surface area contributed by atoms with Gasteiger partial charge in [0.15, 0.2) is 5.65 Å². The molecule has 3 aromatic heterocycles. The van der Waals surface area contributed by atoms with Crippen LogP contribution in [0.3, 0.4) is 0 Å². The molecule has 1 aliphatic heterocycles. The molecule has 5 rings (SSSR count). The molecule has 1 N–H and O–H groups in total. The highest BCUT2D eigenvalue weighted by Crippen LogP contribution is 2.41. The van der Waals surface area contributed by atoms with Gasteiger partial charge in [0, 0.05) is 29.2 Å². The van der Waals surface area contributed by atoms with Crippen LogP contribution in [0.5, 0.6) is 0 Å². The van der Waals surface area contributed by atoms with E-state index in [0.717, 1.165) is 73.0 Å². The van der Waals surface area contributed by atoms with Crippen molar-refractivity contribution >= 4 is 33.0 Å². The van der Waals surface area contributed by atoms with Gasteiger partial charge in [-0.3, -0.25) is 9.11 Å². The predicted molar refractivity (Wildman–Crippen MR) is 121 cm³/mol. The minimum Gasteiger partial charge on any atom is -0.771 e. The van der Waals surface area contributed by atoms with Crippen LogP contribution in [0.4, 0.5) is 0 Å². The van der Waals surface area contributed by atoms with Crippen molar-refractivity contribution in [1.82, 2.24) is 24.8 Å². The van der Waals surface area contributed by atoms with Crippen LogP contribution < -0.4 is 0 Å². The van der Waals surface area contributed by atoms with Gasteiger partial charge in [0.1, 0.15) is 5.82 Å². The molecular weight excluding hydrogens is 410 g/mol. The summed E-state index contributed by atoms with van der Waals surface area (Å²) in [5, 5.41) is 1.81. The molecule has 4 heterocycles. The molecule has 3 unspecified atom stereocenters. The lowest BCUT2D eigenvalue weighted by atomic mass is 9.79. The summed E-state index contributed by atoms with van der Waals surface area (Å²) in [7, 11) is 0. The van der Waals surface area contributed by atoms with Crippen LogP contribution in [0.1, 0.15) is 62.9 Å². The first-order valence-corrected chi connectivity index (χ1v) is 12.6. The smallest absolute Gasteiger partial charge is 0.159 e. The van der Waals surface area contributed by atoms with E-state index in [9.17, 15) is 8.76 Å². The molecule has 3 aromatic rings. The van der Waals surface area contributed by atoms with Crippen molar-refractivity contribution in [3.8, 4) is 0 Å². The maximum Gasteiger partial charge on any atom is 0.159 e. The summed E-state index contributed by atoms with van der Waals surface area (Å²) in [5.41, 5.74) is 2.85. The van der Waals surface area contributed by atoms with Crippen molar-refractivity contribution < 1.29 is 8.76 Å². The lowest BCUT2D eigenvalue weighted by molar-refractivity contribution is 0.114. The topological polar surface area (TPSA) is 97.8 Å². The molecule has 1 aliphatic carbocycles. The number of nitrogens with one attached hydrogen (secondary N) is 1. The maximum atomic E-state index is 12.2. The zero-order chi connectivity index (χ0) is 21.5. The molecule has 0 aromatic carbocycles. The summed E-state index contributed by atoms with van der Waals surface area (Å²) in [6, 6.07) is 2.01. The van der Waals surface area contributed by atoms with Crippen LogP contribution in [0.2, 0.25) is 0 Å². The summed E-state index contributed by atoms with van der Waals surface area (Å²) < 4.78 is 24.4. The number of fused-ring (bicyclic) bond motifs is 3. The molecule has 3 atom stereocenters. The fraction of sp³-hybridized carbons (Fsp3) is 0.609. The SMILES string of the molecule is Cc1nc2cnc3nccc3c2c(C2CCC(C(N3CCCC(C)C3)S(=O)[O-])CC2)[nH]1. The predicted octanol–water partition coefficient (Wildman–Crippen LogP) is 4.03. The van der Waals surface area contributed by atoms with Crippen LogP contribution in [-0.2, 0) is 11.1 Å². The van der Waals surface area contributed by atoms with Crippen LogP contribution in [0, 0.1) is 18.8 Å². The van der Waals surface area contributed by atoms with E-state index in [1.807, 2.05) is 19.2 Å². The number of hydrogen-bond acceptors (Lipinski definition) is 6. The molecule has 2 aliphatic rings. The van der Waals surface area contributed by atoms with E-state index in [1.54, 1.807) is 6.20 Å². The van der Waals surface area contributed by atoms with Crippen molar-refractivity contribution in [1.29, 1.82) is 0 Å². The van der Waals surface area contributed by atoms with Gasteiger partial charge in [-0.15, -0.1) is 0 Å². The second kappa shape index (κ2) is 8.56. The Hall–Kier alpha value is -1.90. The van der Waals surface area contributed by atoms with Gasteiger partial charge in [0.2, 0.25) is 0 Å². The first-order valence-electron chi connectivity index (χ1n) is 11.4. The fourth-order valence-corrected chi connectivity index (χ4v) is 6.84. The minimum atomic E-state index is -2.07. The van der Waals surface area contributed by atoms with Crippen LogP contribution >= 0.6 is 0 Å². The van der Waals surface area contributed by atoms with Gasteiger partial charge >= 0.3 is 0 Å². The van der Waals surface area contributed by atoms with Gasteiger partial charge in [-0.25, -0.2) is 15.0 Å². The average Bonchev–Trinajstić information content (AvgIpc) is 3.22. The second-order valence-corrected chi connectivity index (χ2v) is 10.4. The van der Waals surface area contributed by atoms with E-state index >= 15 is 0 Å². The maximum absolute atomic E-state index is 12.2. The number of aromatic nitrogens is 4. The molecular formula is C23H30N5O2S-. The van der Waals surface area contributed by atoms with Crippen molar-refractivity contribution in [2.75, 3.05) is 13.1 Å². The molecule has 8 heteroatoms. The summed E-state index contributed by atoms with van der Waals surface area (Å²) in [6.45, 7) is 6.01. The number of likely N-dealkylation sites (tertiary alicyclic amines) is 1. The Kier molecular flexibility index (Phi) is 5.79. The fourth-order valence-electron chi connectivity index (χ4n) is 5.82. The Morgan fingerprint density at radius 3 is 2.77 bits per heavy atom. The van der Waals surface area contributed by atoms with Crippen LogP contribution in [0.25, 0.3) is 21.9 Å². The highest BCUT2D eigenvalue weighted by atomic mass is 32.2. The highest BCUT2D eigenvalue weighted by Gasteiger charge is 2.35. The average molecular weight is 441 g/mol. The van der Waals surface area contributed by atoms with Crippen molar-refractivity contribution in [2.45, 2.75) is 63.7 Å². The van der Waals surface area contributed by atoms with Gasteiger partial charge < -0.3 is 9.54 Å². The second-order valence-electron chi connectivity index (χ2n) is 9.44. The number of piperidine rings is 1. The minimum absolute atomic E-state index is 0.205. The van der Waals surface area contributed by atoms with Crippen molar-refractivity contribution in [3.05, 3.63) is 30.0 Å². The zero-order valence-electron chi connectivity index (χ0n) is 18.2. The number of aromatic amines is 1. The molecule has 1 saturated heterocycles. The van der Waals surface area contributed by atoms with Crippen LogP contribution in [-0.4, -0.2) is 52.1 Å². The summed E-state index contributed by atoms with van der Waals surface area (Å²) in [6.07, 6.45) is 9.73. The van der Waals surface area contributed by atoms with Gasteiger partial charge in [-0.1, -0.05) is 6.92 Å². The third-order valence-corrected chi connectivity index (χ3v) is 8.29. The number of H-pyrrole nitrogens is 1. The van der Waals surface area contributed by atoms with E-state index in [1.165, 1.54) is 12.1 Å². The quantitative estimate of drug-likeness (QED) is 0.615. The van der Waals surface area contributed by atoms with Crippen molar-refractivity contribution in [2.24, 2.45) is 11.8 Å². The molecule has 1 saturated carbocycles. The van der Waals surface area contributed by atoms with E-state index in [2.05, 4.69) is 31.8 Å². The molecule has 166 valence electrons. The lowest BCUT2D eigenvalue weighted by Crippen LogP contribution is -2.48. The Balaban J connectivity index is 1.41. The molecule has 31 heavy (non-hydrogen) atoms. The van der Waals surface area contributed by atoms with Crippen LogP contribution in [0.15, 0.2) is 18.5 Å². The van der Waals surface area contributed by atoms with Gasteiger partial charge in [-0.2, -0.15) is 0 Å². The molecule has 0 radical (unpaired) electrons. The van der Waals surface area contributed by atoms with Crippen molar-refractivity contribution in [3.63, 3.8) is 0 Å². The highest BCUT2D eigenvalue weighted by molar-refractivity contribution is 7.79. The summed E-state index contributed by atoms with van der Waals surface area (Å²) in [5.74, 6) is 2.02. The Bertz CT molecular complexity index is 1110. The Labute approximate surface area is 185 Å². The number of aryl methyl sites for hydroxylation is 1. The van der Waals surface area contributed by atoms with E-state index in [0.29, 0.717) is 11.8 Å². The van der Waals surface area contributed by atoms with Gasteiger partial charge in [0.05, 0.1) is 17.1 Å². The van der Waals surface area contributed by atoms with Gasteiger partial charge in [-0.05, 0) is 86.9 Å². The zero-order valence-corrected chi connectivity index (χ0v) is 19.0. The van der Waals surface area contributed by atoms with Gasteiger partial charge in [0.25, 0.3) is 0 Å². The number of hydrogen-bond donors (Lipinski definition) is 1. The molecule has 2 fully saturated rings. The lowest BCUT2D eigenvalue weighted by Gasteiger charge is -2.44. The molecule has 0 amide bonds. The first-order chi connectivity index (χ1) is 15.0. The summed E-state index contributed by atoms with van der Waals surface area (Å²) >= 11 is -2.07. The molecule has 0 bridgehead atoms. The Morgan fingerprint density at radius 1 is 1.23 bits per heavy atom. The summed E-state index contributed by atoms with van der Waals surface area (Å²) in [4.78, 5) is 19.2. The normalized spacial score (nSPS) is 27.5. The van der Waals surface area contributed by atoms with E-state index < -0.39 is 11.1 Å². The third-order valence-electron chi connectivity index (χ3n) is 7.22. The standard InChI is InChI=1S/C23H31N5O2S/c1-14-4-3-11-28(13-14)23(31(29)30)17-7-5-16(6-8-17)21-20-18-9-10-24-22(18)25-12-19(20)26-15(2)27-21/h9-10,12,14,16-17,23H,3-8,11,13H2,1-2H3,(H,26,27)(H,29,30)/p-1. The first kappa shape index (κ1) is 21.0. The monoisotopic (exact) mass is 440 g/mol. The Morgan fingerprint density at radius 2 is 2.03 bits per heavy atom. The van der Waals surface area contributed by atoms with E-state index in [-0.39, 0.29) is 11.3 Å². The number of nitrogens with zero attached hydrogens (tertiary/aromatic N) is 4. The number of pyridine rings is 1. The number of rotatable bonds is 4. The molecule has 7 nitrogen and oxygen atoms in total. The third kappa shape index (κ3) is 4.01. The van der Waals surface area contributed by atoms with E-state index in [4.69, 9.17) is 0 Å². The largest absolute Gasteiger partial charge is 0.771 e.